The van der Waals surface area contributed by atoms with Crippen molar-refractivity contribution in [3.63, 3.8) is 0 Å². The van der Waals surface area contributed by atoms with Gasteiger partial charge in [-0.2, -0.15) is 15.8 Å². The topological polar surface area (TPSA) is 353 Å². The van der Waals surface area contributed by atoms with Gasteiger partial charge in [0.05, 0.1) is 5.69 Å². The third-order valence-corrected chi connectivity index (χ3v) is 9.49. The summed E-state index contributed by atoms with van der Waals surface area (Å²) in [7, 11) is 0. The van der Waals surface area contributed by atoms with Gasteiger partial charge in [-0.05, 0) is 12.1 Å². The number of hydrogen-bond donors (Lipinski definition) is 4. The summed E-state index contributed by atoms with van der Waals surface area (Å²) >= 11 is 0. The highest BCUT2D eigenvalue weighted by atomic mass is 16.6. The maximum Gasteiger partial charge on any atom is 0.270 e. The average molecular weight is 864 g/mol. The fourth-order valence-electron chi connectivity index (χ4n) is 6.81. The molecule has 65 heavy (non-hydrogen) atoms. The van der Waals surface area contributed by atoms with Gasteiger partial charge < -0.3 is 31.9 Å². The highest BCUT2D eigenvalue weighted by molar-refractivity contribution is 6.23. The normalized spacial score (nSPS) is 12.4. The van der Waals surface area contributed by atoms with E-state index in [0.29, 0.717) is 57.3 Å². The van der Waals surface area contributed by atoms with E-state index < -0.39 is 17.7 Å². The Bertz CT molecular complexity index is 3320. The van der Waals surface area contributed by atoms with Crippen LogP contribution >= 0.6 is 0 Å². The van der Waals surface area contributed by atoms with Crippen LogP contribution in [-0.2, 0) is 9.68 Å². The molecule has 4 aliphatic rings. The predicted molar refractivity (Wildman–Crippen MR) is 232 cm³/mol. The molecule has 3 aromatic carbocycles. The maximum absolute atomic E-state index is 11.5. The van der Waals surface area contributed by atoms with Crippen LogP contribution in [0.15, 0.2) is 101 Å². The van der Waals surface area contributed by atoms with Crippen LogP contribution in [0.3, 0.4) is 0 Å². The van der Waals surface area contributed by atoms with Crippen molar-refractivity contribution in [1.82, 2.24) is 29.9 Å². The Kier molecular flexibility index (Phi) is 12.1. The van der Waals surface area contributed by atoms with Crippen molar-refractivity contribution < 1.29 is 24.1 Å². The zero-order valence-electron chi connectivity index (χ0n) is 33.7. The first-order chi connectivity index (χ1) is 31.5. The molecule has 21 heteroatoms. The Morgan fingerprint density at radius 1 is 0.646 bits per heavy atom. The number of nitroso groups, excluding NO2 is 1. The standard InChI is InChI=1S/C16H11N5O2.C15H11N5O2.C13H7N5O2/c1-2-7-23-21-13-10-6-4-3-5-9(10)12-15(13)19-11(8-17)14(20-12)16(18)22;1-2-22-20-12-9-6-4-3-5-8(9)11-14(12)18-10(7-16)13(19-11)15(17)21;14-5-8-11(13(15)19)17-9-6-3-1-2-4-7(6)10(18-20)12(9)16-8/h2-6H,1,7H2,(H2,18,22);3-6H,2H2,1H3,(H2,17,21);1-4,17H,(H2,15,19). The lowest BCUT2D eigenvalue weighted by Gasteiger charge is -2.05. The SMILES string of the molecule is C=CCON=C1c2ccccc2-c2nc(C(N)=O)c(C#N)nc21.CCON=C1c2ccccc2-c2nc(C(N)=O)c(C#N)nc21.N#Cc1nc2c(N=O)c3ccccc3c-2[nH]c1C(N)=O. The second-order valence-corrected chi connectivity index (χ2v) is 13.3. The molecule has 5 aromatic rings. The number of nitrogens with one attached hydrogen (secondary N) is 1. The van der Waals surface area contributed by atoms with Gasteiger partial charge in [0.1, 0.15) is 82.7 Å². The molecule has 3 aliphatic carbocycles. The van der Waals surface area contributed by atoms with Crippen LogP contribution in [-0.4, -0.2) is 72.3 Å². The van der Waals surface area contributed by atoms with E-state index in [9.17, 15) is 24.6 Å². The Balaban J connectivity index is 0.000000146. The summed E-state index contributed by atoms with van der Waals surface area (Å²) in [5.41, 5.74) is 21.6. The lowest BCUT2D eigenvalue weighted by Crippen LogP contribution is -2.18. The van der Waals surface area contributed by atoms with Crippen molar-refractivity contribution in [3.05, 3.63) is 147 Å². The summed E-state index contributed by atoms with van der Waals surface area (Å²) < 4.78 is 0. The van der Waals surface area contributed by atoms with E-state index in [2.05, 4.69) is 52.0 Å². The Morgan fingerprint density at radius 2 is 1.11 bits per heavy atom. The molecule has 0 bridgehead atoms. The Labute approximate surface area is 366 Å². The van der Waals surface area contributed by atoms with Crippen LogP contribution in [0.5, 0.6) is 0 Å². The van der Waals surface area contributed by atoms with Gasteiger partial charge in [-0.1, -0.05) is 95.8 Å². The maximum atomic E-state index is 11.5. The summed E-state index contributed by atoms with van der Waals surface area (Å²) in [6.07, 6.45) is 1.56. The summed E-state index contributed by atoms with van der Waals surface area (Å²) in [6, 6.07) is 27.2. The minimum absolute atomic E-state index is 0.0896. The van der Waals surface area contributed by atoms with Crippen molar-refractivity contribution in [2.75, 3.05) is 13.2 Å². The molecule has 9 rings (SSSR count). The molecule has 1 aliphatic heterocycles. The number of aromatic amines is 1. The molecule has 0 atom stereocenters. The summed E-state index contributed by atoms with van der Waals surface area (Å²) in [4.78, 5) is 79.3. The first-order valence-corrected chi connectivity index (χ1v) is 18.9. The molecule has 3 amide bonds. The quantitative estimate of drug-likeness (QED) is 0.0665. The highest BCUT2D eigenvalue weighted by Gasteiger charge is 2.33. The Hall–Kier alpha value is -10.1. The minimum Gasteiger partial charge on any atom is -0.396 e. The second kappa shape index (κ2) is 18.3. The van der Waals surface area contributed by atoms with Gasteiger partial charge >= 0.3 is 0 Å². The smallest absolute Gasteiger partial charge is 0.270 e. The number of H-pyrrole nitrogens is 1. The van der Waals surface area contributed by atoms with E-state index in [-0.39, 0.29) is 52.2 Å². The lowest BCUT2D eigenvalue weighted by molar-refractivity contribution is 0.0986. The Morgan fingerprint density at radius 3 is 1.55 bits per heavy atom. The third kappa shape index (κ3) is 7.87. The first-order valence-electron chi connectivity index (χ1n) is 18.9. The van der Waals surface area contributed by atoms with Gasteiger partial charge in [0.15, 0.2) is 28.5 Å². The average Bonchev–Trinajstić information content (AvgIpc) is 3.93. The van der Waals surface area contributed by atoms with Gasteiger partial charge in [-0.15, -0.1) is 4.91 Å². The van der Waals surface area contributed by atoms with E-state index in [1.165, 1.54) is 0 Å². The summed E-state index contributed by atoms with van der Waals surface area (Å²) in [5.74, 6) is -2.39. The number of hydrogen-bond acceptors (Lipinski definition) is 17. The van der Waals surface area contributed by atoms with Crippen molar-refractivity contribution in [1.29, 1.82) is 15.8 Å². The molecule has 3 heterocycles. The number of carbonyl (C=O) groups is 3. The van der Waals surface area contributed by atoms with Crippen LogP contribution in [0.2, 0.25) is 0 Å². The van der Waals surface area contributed by atoms with E-state index in [4.69, 9.17) is 37.4 Å². The first kappa shape index (κ1) is 43.0. The van der Waals surface area contributed by atoms with Crippen molar-refractivity contribution in [2.45, 2.75) is 6.92 Å². The zero-order valence-corrected chi connectivity index (χ0v) is 33.7. The zero-order chi connectivity index (χ0) is 46.4. The molecule has 21 nitrogen and oxygen atoms in total. The van der Waals surface area contributed by atoms with Gasteiger partial charge in [-0.25, -0.2) is 24.9 Å². The number of nitriles is 3. The molecule has 2 aromatic heterocycles. The molecule has 0 saturated carbocycles. The number of fused-ring (bicyclic) bond motifs is 9. The van der Waals surface area contributed by atoms with Crippen molar-refractivity contribution in [3.8, 4) is 52.1 Å². The van der Waals surface area contributed by atoms with E-state index >= 15 is 0 Å². The third-order valence-electron chi connectivity index (χ3n) is 9.49. The van der Waals surface area contributed by atoms with Crippen LogP contribution in [0.1, 0.15) is 78.0 Å². The molecular formula is C44H29N15O6. The van der Waals surface area contributed by atoms with Crippen molar-refractivity contribution >= 4 is 45.6 Å². The number of nitrogens with zero attached hydrogens (tertiary/aromatic N) is 11. The molecule has 316 valence electrons. The predicted octanol–water partition coefficient (Wildman–Crippen LogP) is 4.64. The van der Waals surface area contributed by atoms with Crippen LogP contribution in [0.4, 0.5) is 5.69 Å². The van der Waals surface area contributed by atoms with E-state index in [1.807, 2.05) is 67.6 Å². The number of aromatic nitrogens is 6. The number of amides is 3. The molecule has 0 fully saturated rings. The van der Waals surface area contributed by atoms with Gasteiger partial charge in [0.2, 0.25) is 0 Å². The second-order valence-electron chi connectivity index (χ2n) is 13.3. The number of rotatable bonds is 9. The number of oxime groups is 2. The van der Waals surface area contributed by atoms with Crippen LogP contribution in [0, 0.1) is 38.9 Å². The van der Waals surface area contributed by atoms with Crippen LogP contribution < -0.4 is 17.2 Å². The molecule has 0 saturated heterocycles. The minimum atomic E-state index is -0.803. The van der Waals surface area contributed by atoms with E-state index in [0.717, 1.165) is 22.3 Å². The molecule has 0 unspecified atom stereocenters. The number of nitrogens with two attached hydrogens (primary N) is 3. The van der Waals surface area contributed by atoms with E-state index in [1.54, 1.807) is 36.4 Å². The van der Waals surface area contributed by atoms with Gasteiger partial charge in [0, 0.05) is 33.0 Å². The monoisotopic (exact) mass is 863 g/mol. The number of primary amides is 3. The largest absolute Gasteiger partial charge is 0.396 e. The lowest BCUT2D eigenvalue weighted by atomic mass is 10.1. The van der Waals surface area contributed by atoms with Gasteiger partial charge in [-0.3, -0.25) is 14.4 Å². The molecule has 7 N–H and O–H groups in total. The fraction of sp³-hybridized carbons (Fsp3) is 0.0682. The molecule has 0 spiro atoms. The number of carbonyl (C=O) groups excluding carboxylic acids is 3. The number of benzene rings is 3. The molecule has 0 radical (unpaired) electrons. The summed E-state index contributed by atoms with van der Waals surface area (Å²) in [5, 5.41) is 39.7. The van der Waals surface area contributed by atoms with Gasteiger partial charge in [0.25, 0.3) is 17.7 Å². The fourth-order valence-corrected chi connectivity index (χ4v) is 6.81. The highest BCUT2D eigenvalue weighted by Crippen LogP contribution is 2.42. The van der Waals surface area contributed by atoms with Crippen molar-refractivity contribution in [2.24, 2.45) is 32.7 Å². The van der Waals surface area contributed by atoms with Crippen LogP contribution in [0.25, 0.3) is 44.7 Å². The molecular weight excluding hydrogens is 835 g/mol. The summed E-state index contributed by atoms with van der Waals surface area (Å²) in [6.45, 7) is 6.01.